The highest BCUT2D eigenvalue weighted by Gasteiger charge is 2.18. The van der Waals surface area contributed by atoms with E-state index in [1.54, 1.807) is 6.20 Å². The van der Waals surface area contributed by atoms with Gasteiger partial charge in [-0.3, -0.25) is 0 Å². The van der Waals surface area contributed by atoms with Gasteiger partial charge in [0.15, 0.2) is 0 Å². The minimum Gasteiger partial charge on any atom is -0.367 e. The second-order valence-corrected chi connectivity index (χ2v) is 4.91. The molecule has 1 heterocycles. The van der Waals surface area contributed by atoms with Gasteiger partial charge in [-0.1, -0.05) is 19.8 Å². The van der Waals surface area contributed by atoms with E-state index in [0.717, 1.165) is 18.3 Å². The number of nitrogens with zero attached hydrogens (tertiary/aromatic N) is 2. The first kappa shape index (κ1) is 12.1. The molecule has 94 valence electrons. The molecule has 1 aliphatic rings. The average molecular weight is 234 g/mol. The zero-order valence-electron chi connectivity index (χ0n) is 10.7. The monoisotopic (exact) mass is 234 g/mol. The van der Waals surface area contributed by atoms with Crippen molar-refractivity contribution in [2.24, 2.45) is 5.92 Å². The van der Waals surface area contributed by atoms with Crippen LogP contribution in [-0.4, -0.2) is 22.6 Å². The number of hydrogen-bond donors (Lipinski definition) is 2. The van der Waals surface area contributed by atoms with Gasteiger partial charge in [-0.25, -0.2) is 4.98 Å². The third-order valence-electron chi connectivity index (χ3n) is 3.28. The molecule has 1 saturated carbocycles. The van der Waals surface area contributed by atoms with Gasteiger partial charge in [0, 0.05) is 18.8 Å². The van der Waals surface area contributed by atoms with Crippen LogP contribution in [-0.2, 0) is 0 Å². The largest absolute Gasteiger partial charge is 0.367 e. The summed E-state index contributed by atoms with van der Waals surface area (Å²) < 4.78 is 0. The van der Waals surface area contributed by atoms with Crippen LogP contribution in [0.15, 0.2) is 12.3 Å². The molecule has 2 N–H and O–H groups in total. The fraction of sp³-hybridized carbons (Fsp3) is 0.692. The highest BCUT2D eigenvalue weighted by atomic mass is 15.1. The van der Waals surface area contributed by atoms with E-state index in [0.29, 0.717) is 12.0 Å². The van der Waals surface area contributed by atoms with Crippen LogP contribution in [0.1, 0.15) is 39.5 Å². The van der Waals surface area contributed by atoms with Crippen molar-refractivity contribution in [3.63, 3.8) is 0 Å². The van der Waals surface area contributed by atoms with E-state index in [1.807, 2.05) is 13.0 Å². The third-order valence-corrected chi connectivity index (χ3v) is 3.28. The van der Waals surface area contributed by atoms with Crippen LogP contribution in [0.25, 0.3) is 0 Å². The quantitative estimate of drug-likeness (QED) is 0.841. The van der Waals surface area contributed by atoms with Gasteiger partial charge in [-0.2, -0.15) is 4.98 Å². The van der Waals surface area contributed by atoms with Gasteiger partial charge in [-0.15, -0.1) is 0 Å². The SMILES string of the molecule is CCNc1nccc(NC2CCCC(C)C2)n1. The molecule has 0 aromatic carbocycles. The molecule has 4 heteroatoms. The van der Waals surface area contributed by atoms with Crippen LogP contribution in [0.5, 0.6) is 0 Å². The summed E-state index contributed by atoms with van der Waals surface area (Å²) in [5, 5.41) is 6.65. The third kappa shape index (κ3) is 3.58. The van der Waals surface area contributed by atoms with Crippen LogP contribution in [0.4, 0.5) is 11.8 Å². The Bertz CT molecular complexity index is 353. The molecule has 1 aromatic rings. The van der Waals surface area contributed by atoms with Gasteiger partial charge >= 0.3 is 0 Å². The normalized spacial score (nSPS) is 24.4. The topological polar surface area (TPSA) is 49.8 Å². The van der Waals surface area contributed by atoms with Gasteiger partial charge in [0.05, 0.1) is 0 Å². The maximum atomic E-state index is 4.45. The molecule has 1 aromatic heterocycles. The molecule has 2 unspecified atom stereocenters. The molecule has 2 atom stereocenters. The molecule has 0 aliphatic heterocycles. The van der Waals surface area contributed by atoms with Crippen molar-refractivity contribution in [3.8, 4) is 0 Å². The highest BCUT2D eigenvalue weighted by Crippen LogP contribution is 2.25. The lowest BCUT2D eigenvalue weighted by molar-refractivity contribution is 0.358. The van der Waals surface area contributed by atoms with Crippen LogP contribution < -0.4 is 10.6 Å². The average Bonchev–Trinajstić information content (AvgIpc) is 2.30. The zero-order valence-corrected chi connectivity index (χ0v) is 10.7. The highest BCUT2D eigenvalue weighted by molar-refractivity contribution is 5.40. The van der Waals surface area contributed by atoms with Crippen molar-refractivity contribution in [2.45, 2.75) is 45.6 Å². The predicted molar refractivity (Wildman–Crippen MR) is 71.2 cm³/mol. The first-order valence-electron chi connectivity index (χ1n) is 6.61. The van der Waals surface area contributed by atoms with E-state index in [2.05, 4.69) is 27.5 Å². The van der Waals surface area contributed by atoms with Gasteiger partial charge < -0.3 is 10.6 Å². The zero-order chi connectivity index (χ0) is 12.1. The molecule has 2 rings (SSSR count). The molecule has 17 heavy (non-hydrogen) atoms. The van der Waals surface area contributed by atoms with Crippen LogP contribution in [0.2, 0.25) is 0 Å². The summed E-state index contributed by atoms with van der Waals surface area (Å²) in [6.45, 7) is 5.23. The summed E-state index contributed by atoms with van der Waals surface area (Å²) in [6, 6.07) is 2.52. The summed E-state index contributed by atoms with van der Waals surface area (Å²) in [7, 11) is 0. The lowest BCUT2D eigenvalue weighted by Gasteiger charge is -2.27. The Labute approximate surface area is 103 Å². The lowest BCUT2D eigenvalue weighted by Crippen LogP contribution is -2.26. The van der Waals surface area contributed by atoms with Crippen LogP contribution in [0.3, 0.4) is 0 Å². The molecule has 4 nitrogen and oxygen atoms in total. The smallest absolute Gasteiger partial charge is 0.224 e. The Balaban J connectivity index is 1.95. The summed E-state index contributed by atoms with van der Waals surface area (Å²) in [5.41, 5.74) is 0. The second kappa shape index (κ2) is 5.84. The van der Waals surface area contributed by atoms with Crippen LogP contribution in [0, 0.1) is 5.92 Å². The standard InChI is InChI=1S/C13H22N4/c1-3-14-13-15-8-7-12(17-13)16-11-6-4-5-10(2)9-11/h7-8,10-11H,3-6,9H2,1-2H3,(H2,14,15,16,17). The van der Waals surface area contributed by atoms with Crippen molar-refractivity contribution in [3.05, 3.63) is 12.3 Å². The first-order chi connectivity index (χ1) is 8.28. The molecule has 0 radical (unpaired) electrons. The molecule has 1 fully saturated rings. The van der Waals surface area contributed by atoms with Gasteiger partial charge in [0.25, 0.3) is 0 Å². The van der Waals surface area contributed by atoms with E-state index in [4.69, 9.17) is 0 Å². The Morgan fingerprint density at radius 3 is 3.06 bits per heavy atom. The summed E-state index contributed by atoms with van der Waals surface area (Å²) in [6.07, 6.45) is 7.00. The number of aromatic nitrogens is 2. The lowest BCUT2D eigenvalue weighted by atomic mass is 9.87. The minimum atomic E-state index is 0.572. The van der Waals surface area contributed by atoms with E-state index in [9.17, 15) is 0 Å². The number of hydrogen-bond acceptors (Lipinski definition) is 4. The minimum absolute atomic E-state index is 0.572. The van der Waals surface area contributed by atoms with Crippen molar-refractivity contribution in [2.75, 3.05) is 17.2 Å². The fourth-order valence-electron chi connectivity index (χ4n) is 2.46. The van der Waals surface area contributed by atoms with Gasteiger partial charge in [-0.05, 0) is 31.7 Å². The predicted octanol–water partition coefficient (Wildman–Crippen LogP) is 2.90. The number of nitrogens with one attached hydrogen (secondary N) is 2. The molecular weight excluding hydrogens is 212 g/mol. The Hall–Kier alpha value is -1.32. The number of rotatable bonds is 4. The van der Waals surface area contributed by atoms with Gasteiger partial charge in [0.1, 0.15) is 5.82 Å². The van der Waals surface area contributed by atoms with Crippen molar-refractivity contribution in [1.82, 2.24) is 9.97 Å². The molecule has 0 spiro atoms. The number of anilines is 2. The molecular formula is C13H22N4. The van der Waals surface area contributed by atoms with E-state index in [1.165, 1.54) is 25.7 Å². The van der Waals surface area contributed by atoms with E-state index in [-0.39, 0.29) is 0 Å². The molecule has 0 bridgehead atoms. The van der Waals surface area contributed by atoms with Crippen LogP contribution >= 0.6 is 0 Å². The summed E-state index contributed by atoms with van der Waals surface area (Å²) in [5.74, 6) is 2.48. The Morgan fingerprint density at radius 2 is 2.29 bits per heavy atom. The van der Waals surface area contributed by atoms with E-state index >= 15 is 0 Å². The second-order valence-electron chi connectivity index (χ2n) is 4.91. The van der Waals surface area contributed by atoms with Gasteiger partial charge in [0.2, 0.25) is 5.95 Å². The summed E-state index contributed by atoms with van der Waals surface area (Å²) in [4.78, 5) is 8.62. The Morgan fingerprint density at radius 1 is 1.41 bits per heavy atom. The summed E-state index contributed by atoms with van der Waals surface area (Å²) >= 11 is 0. The first-order valence-corrected chi connectivity index (χ1v) is 6.61. The Kier molecular flexibility index (Phi) is 4.18. The molecule has 0 saturated heterocycles. The molecule has 0 amide bonds. The molecule has 1 aliphatic carbocycles. The van der Waals surface area contributed by atoms with Crippen molar-refractivity contribution >= 4 is 11.8 Å². The van der Waals surface area contributed by atoms with Crippen molar-refractivity contribution in [1.29, 1.82) is 0 Å². The maximum Gasteiger partial charge on any atom is 0.224 e. The maximum absolute atomic E-state index is 4.45. The van der Waals surface area contributed by atoms with Crippen molar-refractivity contribution < 1.29 is 0 Å². The van der Waals surface area contributed by atoms with E-state index < -0.39 is 0 Å². The fourth-order valence-corrected chi connectivity index (χ4v) is 2.46.